The molecule has 114 valence electrons. The third kappa shape index (κ3) is 3.12. The minimum atomic E-state index is -0.768. The molecular formula is C14H26N4O2. The number of amides is 3. The second-order valence-electron chi connectivity index (χ2n) is 6.27. The molecule has 1 unspecified atom stereocenters. The normalized spacial score (nSPS) is 26.9. The monoisotopic (exact) mass is 282 g/mol. The lowest BCUT2D eigenvalue weighted by molar-refractivity contribution is -0.130. The van der Waals surface area contributed by atoms with Gasteiger partial charge in [-0.25, -0.2) is 4.79 Å². The molecule has 2 aliphatic rings. The molecule has 6 nitrogen and oxygen atoms in total. The van der Waals surface area contributed by atoms with Crippen LogP contribution in [-0.4, -0.2) is 59.5 Å². The molecule has 0 aromatic heterocycles. The molecule has 3 N–H and O–H groups in total. The Morgan fingerprint density at radius 3 is 2.65 bits per heavy atom. The molecule has 3 amide bonds. The SMILES string of the molecule is CC1(C)NC(=O)N(CCN2CCCCC2CCN)C1=O. The Labute approximate surface area is 120 Å². The van der Waals surface area contributed by atoms with Gasteiger partial charge in [0.1, 0.15) is 5.54 Å². The molecule has 0 spiro atoms. The van der Waals surface area contributed by atoms with E-state index in [4.69, 9.17) is 5.73 Å². The standard InChI is InChI=1S/C14H26N4O2/c1-14(2)12(19)18(13(20)16-14)10-9-17-8-4-3-5-11(17)6-7-15/h11H,3-10,15H2,1-2H3,(H,16,20). The number of carbonyl (C=O) groups excluding carboxylic acids is 2. The van der Waals surface area contributed by atoms with Gasteiger partial charge in [0.05, 0.1) is 0 Å². The summed E-state index contributed by atoms with van der Waals surface area (Å²) in [5.74, 6) is -0.130. The lowest BCUT2D eigenvalue weighted by atomic mass is 9.99. The van der Waals surface area contributed by atoms with Gasteiger partial charge in [0.15, 0.2) is 0 Å². The Morgan fingerprint density at radius 2 is 2.05 bits per heavy atom. The summed E-state index contributed by atoms with van der Waals surface area (Å²) in [4.78, 5) is 27.7. The number of piperidine rings is 1. The fourth-order valence-electron chi connectivity index (χ4n) is 3.12. The molecule has 2 heterocycles. The fourth-order valence-corrected chi connectivity index (χ4v) is 3.12. The number of carbonyl (C=O) groups is 2. The molecule has 0 bridgehead atoms. The van der Waals surface area contributed by atoms with Gasteiger partial charge in [0, 0.05) is 19.1 Å². The Hall–Kier alpha value is -1.14. The van der Waals surface area contributed by atoms with E-state index in [1.165, 1.54) is 24.2 Å². The molecule has 20 heavy (non-hydrogen) atoms. The van der Waals surface area contributed by atoms with E-state index >= 15 is 0 Å². The predicted octanol–water partition coefficient (Wildman–Crippen LogP) is 0.520. The minimum Gasteiger partial charge on any atom is -0.330 e. The van der Waals surface area contributed by atoms with Crippen molar-refractivity contribution in [3.8, 4) is 0 Å². The van der Waals surface area contributed by atoms with E-state index in [-0.39, 0.29) is 11.9 Å². The number of hydrogen-bond acceptors (Lipinski definition) is 4. The van der Waals surface area contributed by atoms with Crippen molar-refractivity contribution < 1.29 is 9.59 Å². The Balaban J connectivity index is 1.91. The lowest BCUT2D eigenvalue weighted by Gasteiger charge is -2.36. The van der Waals surface area contributed by atoms with Gasteiger partial charge in [-0.05, 0) is 46.2 Å². The van der Waals surface area contributed by atoms with E-state index in [9.17, 15) is 9.59 Å². The first-order valence-electron chi connectivity index (χ1n) is 7.54. The number of hydrogen-bond donors (Lipinski definition) is 2. The summed E-state index contributed by atoms with van der Waals surface area (Å²) in [6.07, 6.45) is 4.60. The second-order valence-corrected chi connectivity index (χ2v) is 6.27. The summed E-state index contributed by atoms with van der Waals surface area (Å²) in [6, 6.07) is 0.231. The first-order chi connectivity index (χ1) is 9.45. The zero-order valence-electron chi connectivity index (χ0n) is 12.5. The number of likely N-dealkylation sites (tertiary alicyclic amines) is 1. The van der Waals surface area contributed by atoms with Crippen LogP contribution in [0, 0.1) is 0 Å². The largest absolute Gasteiger partial charge is 0.330 e. The number of nitrogens with one attached hydrogen (secondary N) is 1. The molecule has 1 atom stereocenters. The van der Waals surface area contributed by atoms with Crippen LogP contribution < -0.4 is 11.1 Å². The smallest absolute Gasteiger partial charge is 0.325 e. The van der Waals surface area contributed by atoms with Gasteiger partial charge in [0.25, 0.3) is 5.91 Å². The maximum absolute atomic E-state index is 12.1. The number of urea groups is 1. The molecule has 2 rings (SSSR count). The number of nitrogens with two attached hydrogens (primary N) is 1. The van der Waals surface area contributed by atoms with E-state index in [1.54, 1.807) is 13.8 Å². The van der Waals surface area contributed by atoms with E-state index in [0.29, 0.717) is 19.1 Å². The molecule has 2 aliphatic heterocycles. The molecule has 0 radical (unpaired) electrons. The summed E-state index contributed by atoms with van der Waals surface area (Å²) < 4.78 is 0. The topological polar surface area (TPSA) is 78.7 Å². The molecule has 2 saturated heterocycles. The second kappa shape index (κ2) is 6.10. The van der Waals surface area contributed by atoms with Crippen LogP contribution in [0.15, 0.2) is 0 Å². The van der Waals surface area contributed by atoms with Crippen molar-refractivity contribution in [1.82, 2.24) is 15.1 Å². The van der Waals surface area contributed by atoms with Gasteiger partial charge >= 0.3 is 6.03 Å². The first-order valence-corrected chi connectivity index (χ1v) is 7.54. The molecular weight excluding hydrogens is 256 g/mol. The molecule has 0 saturated carbocycles. The average Bonchev–Trinajstić information content (AvgIpc) is 2.59. The van der Waals surface area contributed by atoms with Gasteiger partial charge in [-0.3, -0.25) is 14.6 Å². The van der Waals surface area contributed by atoms with Crippen molar-refractivity contribution in [3.63, 3.8) is 0 Å². The van der Waals surface area contributed by atoms with E-state index < -0.39 is 5.54 Å². The van der Waals surface area contributed by atoms with Crippen LogP contribution in [0.25, 0.3) is 0 Å². The highest BCUT2D eigenvalue weighted by atomic mass is 16.2. The van der Waals surface area contributed by atoms with Crippen LogP contribution in [-0.2, 0) is 4.79 Å². The quantitative estimate of drug-likeness (QED) is 0.721. The summed E-state index contributed by atoms with van der Waals surface area (Å²) in [5, 5.41) is 2.72. The van der Waals surface area contributed by atoms with Crippen molar-refractivity contribution in [2.45, 2.75) is 51.1 Å². The maximum atomic E-state index is 12.1. The van der Waals surface area contributed by atoms with E-state index in [1.807, 2.05) is 0 Å². The van der Waals surface area contributed by atoms with Crippen LogP contribution in [0.5, 0.6) is 0 Å². The molecule has 6 heteroatoms. The third-order valence-electron chi connectivity index (χ3n) is 4.30. The molecule has 2 fully saturated rings. The van der Waals surface area contributed by atoms with Crippen molar-refractivity contribution in [2.75, 3.05) is 26.2 Å². The van der Waals surface area contributed by atoms with E-state index in [0.717, 1.165) is 19.5 Å². The van der Waals surface area contributed by atoms with Crippen molar-refractivity contribution in [1.29, 1.82) is 0 Å². The Kier molecular flexibility index (Phi) is 4.65. The zero-order valence-corrected chi connectivity index (χ0v) is 12.5. The van der Waals surface area contributed by atoms with Crippen molar-refractivity contribution in [2.24, 2.45) is 5.73 Å². The highest BCUT2D eigenvalue weighted by molar-refractivity contribution is 6.06. The van der Waals surface area contributed by atoms with Gasteiger partial charge in [0.2, 0.25) is 0 Å². The number of nitrogens with zero attached hydrogens (tertiary/aromatic N) is 2. The van der Waals surface area contributed by atoms with Gasteiger partial charge < -0.3 is 11.1 Å². The van der Waals surface area contributed by atoms with Crippen molar-refractivity contribution in [3.05, 3.63) is 0 Å². The predicted molar refractivity (Wildman–Crippen MR) is 77.2 cm³/mol. The Morgan fingerprint density at radius 1 is 1.30 bits per heavy atom. The first kappa shape index (κ1) is 15.3. The fraction of sp³-hybridized carbons (Fsp3) is 0.857. The Bertz CT molecular complexity index is 381. The zero-order chi connectivity index (χ0) is 14.8. The highest BCUT2D eigenvalue weighted by Crippen LogP contribution is 2.20. The van der Waals surface area contributed by atoms with Gasteiger partial charge in [-0.1, -0.05) is 6.42 Å². The molecule has 0 aromatic carbocycles. The number of rotatable bonds is 5. The minimum absolute atomic E-state index is 0.130. The van der Waals surface area contributed by atoms with Crippen LogP contribution in [0.2, 0.25) is 0 Å². The summed E-state index contributed by atoms with van der Waals surface area (Å²) in [5.41, 5.74) is 4.90. The summed E-state index contributed by atoms with van der Waals surface area (Å²) >= 11 is 0. The summed E-state index contributed by atoms with van der Waals surface area (Å²) in [7, 11) is 0. The van der Waals surface area contributed by atoms with Crippen LogP contribution in [0.3, 0.4) is 0 Å². The summed E-state index contributed by atoms with van der Waals surface area (Å²) in [6.45, 7) is 6.43. The maximum Gasteiger partial charge on any atom is 0.325 e. The average molecular weight is 282 g/mol. The van der Waals surface area contributed by atoms with Crippen LogP contribution in [0.4, 0.5) is 4.79 Å². The van der Waals surface area contributed by atoms with Crippen molar-refractivity contribution >= 4 is 11.9 Å². The lowest BCUT2D eigenvalue weighted by Crippen LogP contribution is -2.46. The molecule has 0 aromatic rings. The van der Waals surface area contributed by atoms with Crippen LogP contribution >= 0.6 is 0 Å². The van der Waals surface area contributed by atoms with Crippen LogP contribution in [0.1, 0.15) is 39.5 Å². The third-order valence-corrected chi connectivity index (χ3v) is 4.30. The van der Waals surface area contributed by atoms with Gasteiger partial charge in [-0.2, -0.15) is 0 Å². The van der Waals surface area contributed by atoms with E-state index in [2.05, 4.69) is 10.2 Å². The number of imide groups is 1. The van der Waals surface area contributed by atoms with Gasteiger partial charge in [-0.15, -0.1) is 0 Å². The molecule has 0 aliphatic carbocycles. The highest BCUT2D eigenvalue weighted by Gasteiger charge is 2.44.